The number of hydrogen-bond donors (Lipinski definition) is 0. The van der Waals surface area contributed by atoms with E-state index in [0.29, 0.717) is 12.8 Å². The van der Waals surface area contributed by atoms with Crippen molar-refractivity contribution in [2.75, 3.05) is 21.3 Å². The topological polar surface area (TPSA) is 103 Å². The molecule has 0 aromatic rings. The van der Waals surface area contributed by atoms with E-state index >= 15 is 0 Å². The van der Waals surface area contributed by atoms with Crippen molar-refractivity contribution >= 4 is 17.9 Å². The minimum atomic E-state index is -0.484. The number of carbonyl (C=O) groups is 3. The Labute approximate surface area is 113 Å². The van der Waals surface area contributed by atoms with Crippen LogP contribution in [-0.4, -0.2) is 39.2 Å². The fourth-order valence-corrected chi connectivity index (χ4v) is 0.425. The van der Waals surface area contributed by atoms with Crippen molar-refractivity contribution in [2.24, 2.45) is 0 Å². The monoisotopic (exact) mass is 275 g/mol. The molecule has 7 nitrogen and oxygen atoms in total. The van der Waals surface area contributed by atoms with E-state index in [1.807, 2.05) is 0 Å². The van der Waals surface area contributed by atoms with Gasteiger partial charge in [-0.25, -0.2) is 0 Å². The third-order valence-corrected chi connectivity index (χ3v) is 1.48. The predicted octanol–water partition coefficient (Wildman–Crippen LogP) is 1.21. The first-order chi connectivity index (χ1) is 8.92. The number of nitrogens with zero attached hydrogens (tertiary/aromatic N) is 1. The fourth-order valence-electron chi connectivity index (χ4n) is 0.425. The van der Waals surface area contributed by atoms with Gasteiger partial charge in [-0.2, -0.15) is 5.26 Å². The number of ether oxygens (including phenoxy) is 3. The summed E-state index contributed by atoms with van der Waals surface area (Å²) in [5.74, 6) is -0.799. The van der Waals surface area contributed by atoms with Crippen LogP contribution in [0.3, 0.4) is 0 Å². The van der Waals surface area contributed by atoms with E-state index in [1.165, 1.54) is 21.3 Å². The van der Waals surface area contributed by atoms with Gasteiger partial charge >= 0.3 is 17.9 Å². The van der Waals surface area contributed by atoms with Gasteiger partial charge in [0.25, 0.3) is 0 Å². The average Bonchev–Trinajstić information content (AvgIpc) is 2.46. The molecule has 0 amide bonds. The molecule has 7 heteroatoms. The molecule has 0 aromatic heterocycles. The number of nitriles is 1. The number of hydrogen-bond acceptors (Lipinski definition) is 7. The number of carbonyl (C=O) groups excluding carboxylic acids is 3. The summed E-state index contributed by atoms with van der Waals surface area (Å²) in [5, 5.41) is 7.82. The van der Waals surface area contributed by atoms with Crippen LogP contribution in [0.15, 0.2) is 0 Å². The maximum absolute atomic E-state index is 9.97. The Bertz CT molecular complexity index is 267. The van der Waals surface area contributed by atoms with E-state index in [4.69, 9.17) is 5.26 Å². The Kier molecular flexibility index (Phi) is 21.3. The van der Waals surface area contributed by atoms with Crippen LogP contribution in [0.25, 0.3) is 0 Å². The molecule has 0 rings (SSSR count). The van der Waals surface area contributed by atoms with E-state index in [1.54, 1.807) is 19.9 Å². The number of rotatable bonds is 3. The van der Waals surface area contributed by atoms with E-state index in [0.717, 1.165) is 0 Å². The van der Waals surface area contributed by atoms with Gasteiger partial charge < -0.3 is 14.2 Å². The molecule has 0 spiro atoms. The van der Waals surface area contributed by atoms with Crippen molar-refractivity contribution < 1.29 is 28.6 Å². The molecule has 0 saturated heterocycles. The molecule has 0 bridgehead atoms. The Hall–Kier alpha value is -2.10. The summed E-state index contributed by atoms with van der Waals surface area (Å²) in [6, 6.07) is 1.64. The molecule has 0 unspecified atom stereocenters. The highest BCUT2D eigenvalue weighted by molar-refractivity contribution is 5.71. The first-order valence-electron chi connectivity index (χ1n) is 5.50. The molecule has 0 aliphatic rings. The van der Waals surface area contributed by atoms with Gasteiger partial charge in [-0.1, -0.05) is 13.8 Å². The summed E-state index contributed by atoms with van der Waals surface area (Å²) < 4.78 is 12.6. The third kappa shape index (κ3) is 25.9. The smallest absolute Gasteiger partial charge is 0.319 e. The van der Waals surface area contributed by atoms with E-state index in [9.17, 15) is 14.4 Å². The molecule has 0 N–H and O–H groups in total. The van der Waals surface area contributed by atoms with Gasteiger partial charge in [0.2, 0.25) is 0 Å². The summed E-state index contributed by atoms with van der Waals surface area (Å²) in [4.78, 5) is 29.9. The van der Waals surface area contributed by atoms with Gasteiger partial charge in [0.15, 0.2) is 0 Å². The van der Waals surface area contributed by atoms with Gasteiger partial charge in [0.05, 0.1) is 27.4 Å². The predicted molar refractivity (Wildman–Crippen MR) is 66.9 cm³/mol. The van der Waals surface area contributed by atoms with Crippen molar-refractivity contribution in [2.45, 2.75) is 33.1 Å². The molecule has 0 aliphatic carbocycles. The lowest BCUT2D eigenvalue weighted by Gasteiger charge is -1.87. The first kappa shape index (κ1) is 22.1. The zero-order valence-corrected chi connectivity index (χ0v) is 12.0. The van der Waals surface area contributed by atoms with Gasteiger partial charge in [-0.05, 0) is 0 Å². The minimum Gasteiger partial charge on any atom is -0.469 e. The standard InChI is InChI=1S/C4H5NO2.2C4H8O2/c1-7-4(6)2-3-5;2*1-3-4(5)6-2/h2H2,1H3;2*3H2,1-2H3. The van der Waals surface area contributed by atoms with Crippen molar-refractivity contribution in [3.63, 3.8) is 0 Å². The van der Waals surface area contributed by atoms with Crippen LogP contribution in [0.2, 0.25) is 0 Å². The number of methoxy groups -OCH3 is 3. The van der Waals surface area contributed by atoms with Crippen molar-refractivity contribution in [3.8, 4) is 6.07 Å². The molecule has 19 heavy (non-hydrogen) atoms. The van der Waals surface area contributed by atoms with Gasteiger partial charge in [0.1, 0.15) is 6.42 Å². The lowest BCUT2D eigenvalue weighted by atomic mass is 10.5. The SMILES string of the molecule is CCC(=O)OC.CCC(=O)OC.COC(=O)CC#N. The molecule has 0 radical (unpaired) electrons. The molecule has 0 aliphatic heterocycles. The quantitative estimate of drug-likeness (QED) is 0.563. The first-order valence-corrected chi connectivity index (χ1v) is 5.50. The number of esters is 3. The van der Waals surface area contributed by atoms with Crippen LogP contribution < -0.4 is 0 Å². The lowest BCUT2D eigenvalue weighted by molar-refractivity contribution is -0.141. The van der Waals surface area contributed by atoms with Crippen LogP contribution in [-0.2, 0) is 28.6 Å². The minimum absolute atomic E-state index is 0.156. The highest BCUT2D eigenvalue weighted by Crippen LogP contribution is 1.77. The Morgan fingerprint density at radius 2 is 1.16 bits per heavy atom. The summed E-state index contributed by atoms with van der Waals surface area (Å²) in [5.41, 5.74) is 0. The molecule has 0 aromatic carbocycles. The maximum atomic E-state index is 9.97. The maximum Gasteiger partial charge on any atom is 0.319 e. The van der Waals surface area contributed by atoms with Crippen LogP contribution >= 0.6 is 0 Å². The summed E-state index contributed by atoms with van der Waals surface area (Å²) in [6.07, 6.45) is 0.781. The van der Waals surface area contributed by atoms with E-state index < -0.39 is 5.97 Å². The Morgan fingerprint density at radius 1 is 0.842 bits per heavy atom. The average molecular weight is 275 g/mol. The molecular weight excluding hydrogens is 254 g/mol. The highest BCUT2D eigenvalue weighted by atomic mass is 16.5. The second kappa shape index (κ2) is 18.3. The van der Waals surface area contributed by atoms with Crippen LogP contribution in [0.5, 0.6) is 0 Å². The van der Waals surface area contributed by atoms with Gasteiger partial charge in [0, 0.05) is 12.8 Å². The van der Waals surface area contributed by atoms with Crippen LogP contribution in [0.1, 0.15) is 33.1 Å². The summed E-state index contributed by atoms with van der Waals surface area (Å²) in [7, 11) is 4.01. The van der Waals surface area contributed by atoms with E-state index in [2.05, 4.69) is 14.2 Å². The zero-order valence-electron chi connectivity index (χ0n) is 12.0. The third-order valence-electron chi connectivity index (χ3n) is 1.48. The lowest BCUT2D eigenvalue weighted by Crippen LogP contribution is -1.96. The van der Waals surface area contributed by atoms with E-state index in [-0.39, 0.29) is 18.4 Å². The van der Waals surface area contributed by atoms with Crippen molar-refractivity contribution in [1.29, 1.82) is 5.26 Å². The van der Waals surface area contributed by atoms with Crippen molar-refractivity contribution in [3.05, 3.63) is 0 Å². The summed E-state index contributed by atoms with van der Waals surface area (Å²) >= 11 is 0. The molecule has 0 atom stereocenters. The van der Waals surface area contributed by atoms with Crippen LogP contribution in [0.4, 0.5) is 0 Å². The molecule has 0 fully saturated rings. The van der Waals surface area contributed by atoms with Crippen LogP contribution in [0, 0.1) is 11.3 Å². The zero-order chi connectivity index (χ0) is 15.7. The normalized spacial score (nSPS) is 7.37. The second-order valence-corrected chi connectivity index (χ2v) is 2.77. The van der Waals surface area contributed by atoms with Crippen molar-refractivity contribution in [1.82, 2.24) is 0 Å². The highest BCUT2D eigenvalue weighted by Gasteiger charge is 1.93. The fraction of sp³-hybridized carbons (Fsp3) is 0.667. The summed E-state index contributed by atoms with van der Waals surface area (Å²) in [6.45, 7) is 3.51. The second-order valence-electron chi connectivity index (χ2n) is 2.77. The van der Waals surface area contributed by atoms with Gasteiger partial charge in [-0.3, -0.25) is 14.4 Å². The van der Waals surface area contributed by atoms with Gasteiger partial charge in [-0.15, -0.1) is 0 Å². The molecule has 110 valence electrons. The molecular formula is C12H21NO6. The largest absolute Gasteiger partial charge is 0.469 e. The Balaban J connectivity index is -0.000000203. The Morgan fingerprint density at radius 3 is 1.21 bits per heavy atom. The molecule has 0 saturated carbocycles. The molecule has 0 heterocycles.